The van der Waals surface area contributed by atoms with Crippen LogP contribution in [0.3, 0.4) is 0 Å². The fourth-order valence-corrected chi connectivity index (χ4v) is 1.97. The van der Waals surface area contributed by atoms with E-state index < -0.39 is 0 Å². The average molecular weight is 258 g/mol. The average Bonchev–Trinajstić information content (AvgIpc) is 2.39. The van der Waals surface area contributed by atoms with E-state index in [2.05, 4.69) is 17.6 Å². The van der Waals surface area contributed by atoms with Crippen molar-refractivity contribution in [2.75, 3.05) is 39.9 Å². The first-order chi connectivity index (χ1) is 8.91. The minimum atomic E-state index is 0.811. The van der Waals surface area contributed by atoms with Crippen LogP contribution in [-0.2, 0) is 4.74 Å². The number of nitrogens with one attached hydrogen (secondary N) is 2. The zero-order valence-electron chi connectivity index (χ0n) is 12.6. The topological polar surface area (TPSA) is 33.3 Å². The van der Waals surface area contributed by atoms with Crippen molar-refractivity contribution in [3.05, 3.63) is 0 Å². The summed E-state index contributed by atoms with van der Waals surface area (Å²) >= 11 is 0. The van der Waals surface area contributed by atoms with E-state index in [4.69, 9.17) is 4.74 Å². The Morgan fingerprint density at radius 1 is 0.667 bits per heavy atom. The van der Waals surface area contributed by atoms with Crippen molar-refractivity contribution in [2.45, 2.75) is 58.3 Å². The molecule has 0 radical (unpaired) electrons. The van der Waals surface area contributed by atoms with Crippen molar-refractivity contribution in [1.82, 2.24) is 10.6 Å². The Balaban J connectivity index is 2.86. The van der Waals surface area contributed by atoms with Crippen LogP contribution in [0.5, 0.6) is 0 Å². The summed E-state index contributed by atoms with van der Waals surface area (Å²) in [6, 6.07) is 0. The van der Waals surface area contributed by atoms with Gasteiger partial charge in [0.05, 0.1) is 6.61 Å². The molecule has 0 fully saturated rings. The normalized spacial score (nSPS) is 11.0. The van der Waals surface area contributed by atoms with E-state index in [1.165, 1.54) is 57.9 Å². The van der Waals surface area contributed by atoms with Crippen molar-refractivity contribution in [2.24, 2.45) is 0 Å². The van der Waals surface area contributed by atoms with E-state index in [9.17, 15) is 0 Å². The maximum atomic E-state index is 4.97. The minimum absolute atomic E-state index is 0.811. The van der Waals surface area contributed by atoms with Gasteiger partial charge in [-0.2, -0.15) is 0 Å². The standard InChI is InChI=1S/C15H34N2O/c1-3-4-5-6-7-8-9-11-16-12-10-13-17-14-15-18-2/h16-17H,3-15H2,1-2H3. The molecule has 2 N–H and O–H groups in total. The van der Waals surface area contributed by atoms with E-state index in [1.807, 2.05) is 0 Å². The van der Waals surface area contributed by atoms with Gasteiger partial charge in [-0.1, -0.05) is 45.4 Å². The summed E-state index contributed by atoms with van der Waals surface area (Å²) in [5, 5.41) is 6.86. The van der Waals surface area contributed by atoms with E-state index in [1.54, 1.807) is 7.11 Å². The van der Waals surface area contributed by atoms with E-state index in [0.717, 1.165) is 26.2 Å². The van der Waals surface area contributed by atoms with Crippen LogP contribution in [0.1, 0.15) is 58.3 Å². The van der Waals surface area contributed by atoms with Crippen LogP contribution in [0.15, 0.2) is 0 Å². The molecule has 0 bridgehead atoms. The van der Waals surface area contributed by atoms with Crippen molar-refractivity contribution >= 4 is 0 Å². The third-order valence-corrected chi connectivity index (χ3v) is 3.15. The lowest BCUT2D eigenvalue weighted by Crippen LogP contribution is -2.24. The second kappa shape index (κ2) is 16.9. The molecule has 0 atom stereocenters. The predicted molar refractivity (Wildman–Crippen MR) is 80.2 cm³/mol. The van der Waals surface area contributed by atoms with E-state index >= 15 is 0 Å². The molecular weight excluding hydrogens is 224 g/mol. The Morgan fingerprint density at radius 3 is 1.89 bits per heavy atom. The first kappa shape index (κ1) is 17.9. The number of ether oxygens (including phenoxy) is 1. The molecule has 0 aliphatic rings. The number of rotatable bonds is 15. The van der Waals surface area contributed by atoms with Crippen LogP contribution in [0.4, 0.5) is 0 Å². The molecule has 0 saturated carbocycles. The van der Waals surface area contributed by atoms with Gasteiger partial charge in [0.1, 0.15) is 0 Å². The van der Waals surface area contributed by atoms with Crippen LogP contribution in [0, 0.1) is 0 Å². The quantitative estimate of drug-likeness (QED) is 0.443. The lowest BCUT2D eigenvalue weighted by atomic mass is 10.1. The summed E-state index contributed by atoms with van der Waals surface area (Å²) in [6.07, 6.45) is 11.0. The van der Waals surface area contributed by atoms with Gasteiger partial charge in [0.15, 0.2) is 0 Å². The minimum Gasteiger partial charge on any atom is -0.383 e. The van der Waals surface area contributed by atoms with Crippen molar-refractivity contribution in [3.8, 4) is 0 Å². The largest absolute Gasteiger partial charge is 0.383 e. The highest BCUT2D eigenvalue weighted by Crippen LogP contribution is 2.06. The summed E-state index contributed by atoms with van der Waals surface area (Å²) in [6.45, 7) is 7.46. The van der Waals surface area contributed by atoms with Gasteiger partial charge in [0.25, 0.3) is 0 Å². The molecule has 0 aromatic carbocycles. The Labute approximate surface area is 114 Å². The van der Waals surface area contributed by atoms with Gasteiger partial charge in [-0.3, -0.25) is 0 Å². The number of hydrogen-bond donors (Lipinski definition) is 2. The van der Waals surface area contributed by atoms with Crippen molar-refractivity contribution in [1.29, 1.82) is 0 Å². The molecule has 0 aromatic heterocycles. The highest BCUT2D eigenvalue weighted by molar-refractivity contribution is 4.53. The second-order valence-corrected chi connectivity index (χ2v) is 4.97. The summed E-state index contributed by atoms with van der Waals surface area (Å²) < 4.78 is 4.97. The lowest BCUT2D eigenvalue weighted by Gasteiger charge is -2.06. The molecule has 0 heterocycles. The Hall–Kier alpha value is -0.120. The van der Waals surface area contributed by atoms with Gasteiger partial charge in [-0.25, -0.2) is 0 Å². The van der Waals surface area contributed by atoms with E-state index in [-0.39, 0.29) is 0 Å². The van der Waals surface area contributed by atoms with Gasteiger partial charge in [-0.15, -0.1) is 0 Å². The molecule has 0 amide bonds. The molecule has 0 aliphatic carbocycles. The number of unbranched alkanes of at least 4 members (excludes halogenated alkanes) is 6. The maximum absolute atomic E-state index is 4.97. The van der Waals surface area contributed by atoms with Gasteiger partial charge in [0, 0.05) is 13.7 Å². The Kier molecular flexibility index (Phi) is 16.8. The fourth-order valence-electron chi connectivity index (χ4n) is 1.97. The highest BCUT2D eigenvalue weighted by Gasteiger charge is 1.92. The van der Waals surface area contributed by atoms with Gasteiger partial charge >= 0.3 is 0 Å². The van der Waals surface area contributed by atoms with Crippen LogP contribution in [0.25, 0.3) is 0 Å². The molecule has 0 rings (SSSR count). The molecule has 0 aromatic rings. The summed E-state index contributed by atoms with van der Waals surface area (Å²) in [5.41, 5.74) is 0. The van der Waals surface area contributed by atoms with Crippen molar-refractivity contribution in [3.63, 3.8) is 0 Å². The fraction of sp³-hybridized carbons (Fsp3) is 1.00. The molecule has 0 aliphatic heterocycles. The molecular formula is C15H34N2O. The lowest BCUT2D eigenvalue weighted by molar-refractivity contribution is 0.199. The molecule has 3 nitrogen and oxygen atoms in total. The first-order valence-corrected chi connectivity index (χ1v) is 7.82. The van der Waals surface area contributed by atoms with Crippen LogP contribution in [0.2, 0.25) is 0 Å². The number of methoxy groups -OCH3 is 1. The highest BCUT2D eigenvalue weighted by atomic mass is 16.5. The molecule has 0 unspecified atom stereocenters. The zero-order valence-corrected chi connectivity index (χ0v) is 12.6. The van der Waals surface area contributed by atoms with Crippen molar-refractivity contribution < 1.29 is 4.74 Å². The molecule has 18 heavy (non-hydrogen) atoms. The third kappa shape index (κ3) is 15.9. The van der Waals surface area contributed by atoms with Gasteiger partial charge < -0.3 is 15.4 Å². The maximum Gasteiger partial charge on any atom is 0.0587 e. The van der Waals surface area contributed by atoms with Gasteiger partial charge in [-0.05, 0) is 32.5 Å². The Bertz CT molecular complexity index is 126. The second-order valence-electron chi connectivity index (χ2n) is 4.97. The molecule has 0 spiro atoms. The monoisotopic (exact) mass is 258 g/mol. The summed E-state index contributed by atoms with van der Waals surface area (Å²) in [7, 11) is 1.74. The SMILES string of the molecule is CCCCCCCCCNCCCNCCOC. The Morgan fingerprint density at radius 2 is 1.22 bits per heavy atom. The first-order valence-electron chi connectivity index (χ1n) is 7.82. The number of hydrogen-bond acceptors (Lipinski definition) is 3. The van der Waals surface area contributed by atoms with Crippen LogP contribution < -0.4 is 10.6 Å². The van der Waals surface area contributed by atoms with Gasteiger partial charge in [0.2, 0.25) is 0 Å². The predicted octanol–water partition coefficient (Wildman–Crippen LogP) is 2.95. The smallest absolute Gasteiger partial charge is 0.0587 e. The van der Waals surface area contributed by atoms with Crippen LogP contribution >= 0.6 is 0 Å². The summed E-state index contributed by atoms with van der Waals surface area (Å²) in [4.78, 5) is 0. The summed E-state index contributed by atoms with van der Waals surface area (Å²) in [5.74, 6) is 0. The zero-order chi connectivity index (χ0) is 13.3. The molecule has 110 valence electrons. The molecule has 0 saturated heterocycles. The third-order valence-electron chi connectivity index (χ3n) is 3.15. The van der Waals surface area contributed by atoms with E-state index in [0.29, 0.717) is 0 Å². The molecule has 3 heteroatoms. The van der Waals surface area contributed by atoms with Crippen LogP contribution in [-0.4, -0.2) is 39.9 Å².